The van der Waals surface area contributed by atoms with Crippen LogP contribution in [0.5, 0.6) is 11.8 Å². The number of hydrogen-bond acceptors (Lipinski definition) is 10. The third-order valence-electron chi connectivity index (χ3n) is 10.6. The minimum atomic E-state index is -0.959. The number of nitrogens with two attached hydrogens (primary N) is 1. The van der Waals surface area contributed by atoms with Crippen molar-refractivity contribution in [2.24, 2.45) is 0 Å². The van der Waals surface area contributed by atoms with Crippen LogP contribution in [0.4, 0.5) is 24.0 Å². The smallest absolute Gasteiger partial charge is 0.319 e. The third-order valence-corrected chi connectivity index (χ3v) is 12.0. The number of nitrogen functional groups attached to an aromatic ring is 1. The summed E-state index contributed by atoms with van der Waals surface area (Å²) < 4.78 is 59.1. The van der Waals surface area contributed by atoms with Gasteiger partial charge in [0.05, 0.1) is 44.5 Å². The van der Waals surface area contributed by atoms with Crippen LogP contribution in [-0.2, 0) is 0 Å². The Morgan fingerprint density at radius 2 is 2.09 bits per heavy atom. The van der Waals surface area contributed by atoms with Crippen LogP contribution in [0.2, 0.25) is 5.02 Å². The molecule has 4 aliphatic rings. The number of aliphatic hydroxyl groups excluding tert-OH is 1. The van der Waals surface area contributed by atoms with Gasteiger partial charge in [0.2, 0.25) is 0 Å². The minimum Gasteiger partial charge on any atom is -0.491 e. The van der Waals surface area contributed by atoms with E-state index < -0.39 is 35.0 Å². The van der Waals surface area contributed by atoms with Gasteiger partial charge in [-0.2, -0.15) is 15.2 Å². The number of thiophene rings is 1. The number of likely N-dealkylation sites (N-methyl/N-ethyl adjacent to an activating group) is 1. The average molecular weight is 671 g/mol. The largest absolute Gasteiger partial charge is 0.491 e. The summed E-state index contributed by atoms with van der Waals surface area (Å²) in [5, 5.41) is 21.2. The summed E-state index contributed by atoms with van der Waals surface area (Å²) in [6, 6.07) is 4.46. The Hall–Kier alpha value is -3.57. The van der Waals surface area contributed by atoms with Gasteiger partial charge >= 0.3 is 6.01 Å². The van der Waals surface area contributed by atoms with Gasteiger partial charge in [-0.15, -0.1) is 11.3 Å². The predicted molar refractivity (Wildman–Crippen MR) is 169 cm³/mol. The Balaban J connectivity index is 1.36. The van der Waals surface area contributed by atoms with Crippen molar-refractivity contribution in [3.05, 3.63) is 34.4 Å². The van der Waals surface area contributed by atoms with Gasteiger partial charge in [-0.3, -0.25) is 4.90 Å². The molecule has 1 spiro atoms. The number of nitrogens with zero attached hydrogens (tertiary/aromatic N) is 5. The van der Waals surface area contributed by atoms with Crippen molar-refractivity contribution in [1.29, 1.82) is 5.26 Å². The molecule has 0 amide bonds. The number of nitriles is 1. The van der Waals surface area contributed by atoms with Gasteiger partial charge in [0, 0.05) is 37.4 Å². The molecule has 4 atom stereocenters. The molecule has 1 aliphatic carbocycles. The molecule has 2 aromatic carbocycles. The molecule has 14 heteroatoms. The van der Waals surface area contributed by atoms with E-state index in [1.54, 1.807) is 7.05 Å². The lowest BCUT2D eigenvalue weighted by atomic mass is 9.70. The van der Waals surface area contributed by atoms with Crippen molar-refractivity contribution in [2.45, 2.75) is 61.9 Å². The number of anilines is 2. The highest BCUT2D eigenvalue weighted by atomic mass is 35.5. The molecule has 3 fully saturated rings. The second-order valence-corrected chi connectivity index (χ2v) is 14.2. The van der Waals surface area contributed by atoms with Gasteiger partial charge in [-0.25, -0.2) is 13.2 Å². The van der Waals surface area contributed by atoms with Gasteiger partial charge in [0.15, 0.2) is 11.6 Å². The molecular weight excluding hydrogens is 641 g/mol. The predicted octanol–water partition coefficient (Wildman–Crippen LogP) is 5.96. The van der Waals surface area contributed by atoms with Gasteiger partial charge in [-0.1, -0.05) is 17.7 Å². The lowest BCUT2D eigenvalue weighted by Crippen LogP contribution is -2.63. The number of rotatable bonds is 4. The monoisotopic (exact) mass is 670 g/mol. The van der Waals surface area contributed by atoms with Crippen molar-refractivity contribution in [3.63, 3.8) is 0 Å². The first-order valence-electron chi connectivity index (χ1n) is 15.3. The lowest BCUT2D eigenvalue weighted by Gasteiger charge is -2.53. The molecule has 1 saturated carbocycles. The molecular formula is C32H30ClF3N6O3S. The molecule has 0 bridgehead atoms. The Morgan fingerprint density at radius 3 is 2.83 bits per heavy atom. The zero-order chi connectivity index (χ0) is 32.1. The number of aromatic nitrogens is 2. The molecule has 3 N–H and O–H groups in total. The zero-order valence-electron chi connectivity index (χ0n) is 24.9. The fourth-order valence-corrected chi connectivity index (χ4v) is 9.35. The van der Waals surface area contributed by atoms with Crippen molar-refractivity contribution >= 4 is 54.7 Å². The number of hydrogen-bond donors (Lipinski definition) is 2. The maximum absolute atomic E-state index is 17.1. The van der Waals surface area contributed by atoms with Crippen molar-refractivity contribution in [1.82, 2.24) is 14.9 Å². The standard InChI is InChI=1S/C32H30ClF3N6O3S/c1-41-29-22-25(39-30(40-29)45-14-31-6-2-9-42(31)13-15(34)11-31)24(36)21(23(33)26(22)44-10-8-32(41)7-5-19(32)43)16-3-4-18(35)27-20(16)17(12-37)28(38)46-27/h3-4,15,19,43H,2,5-11,13-14,38H2,1H3/t15-,19?,31+,32?/m1/s1. The van der Waals surface area contributed by atoms with Gasteiger partial charge < -0.3 is 25.2 Å². The summed E-state index contributed by atoms with van der Waals surface area (Å²) in [5.74, 6) is -1.04. The summed E-state index contributed by atoms with van der Waals surface area (Å²) in [6.07, 6.45) is 2.09. The van der Waals surface area contributed by atoms with E-state index in [2.05, 4.69) is 9.88 Å². The highest BCUT2D eigenvalue weighted by Gasteiger charge is 2.52. The zero-order valence-corrected chi connectivity index (χ0v) is 26.5. The Labute approximate surface area is 271 Å². The van der Waals surface area contributed by atoms with Gasteiger partial charge in [0.25, 0.3) is 0 Å². The number of alkyl halides is 1. The molecule has 2 saturated heterocycles. The van der Waals surface area contributed by atoms with E-state index in [9.17, 15) is 19.1 Å². The summed E-state index contributed by atoms with van der Waals surface area (Å²) in [7, 11) is 1.79. The highest BCUT2D eigenvalue weighted by molar-refractivity contribution is 7.23. The van der Waals surface area contributed by atoms with Crippen LogP contribution in [0.3, 0.4) is 0 Å². The Kier molecular flexibility index (Phi) is 6.78. The Morgan fingerprint density at radius 1 is 1.26 bits per heavy atom. The van der Waals surface area contributed by atoms with E-state index in [0.717, 1.165) is 30.7 Å². The molecule has 240 valence electrons. The maximum Gasteiger partial charge on any atom is 0.319 e. The Bertz CT molecular complexity index is 1990. The van der Waals surface area contributed by atoms with Gasteiger partial charge in [0.1, 0.15) is 41.0 Å². The van der Waals surface area contributed by atoms with Crippen molar-refractivity contribution in [3.8, 4) is 29.0 Å². The third kappa shape index (κ3) is 4.06. The van der Waals surface area contributed by atoms with E-state index in [1.807, 2.05) is 11.0 Å². The number of halogens is 4. The molecule has 0 radical (unpaired) electrons. The normalized spacial score (nSPS) is 27.4. The van der Waals surface area contributed by atoms with E-state index in [0.29, 0.717) is 32.2 Å². The molecule has 5 heterocycles. The van der Waals surface area contributed by atoms with Crippen LogP contribution < -0.4 is 20.1 Å². The van der Waals surface area contributed by atoms with Crippen LogP contribution in [0.25, 0.3) is 32.1 Å². The van der Waals surface area contributed by atoms with E-state index >= 15 is 4.39 Å². The molecule has 9 nitrogen and oxygen atoms in total. The number of ether oxygens (including phenoxy) is 2. The molecule has 2 unspecified atom stereocenters. The first-order chi connectivity index (χ1) is 22.1. The lowest BCUT2D eigenvalue weighted by molar-refractivity contribution is -0.0155. The number of fused-ring (bicyclic) bond motifs is 2. The fourth-order valence-electron chi connectivity index (χ4n) is 8.07. The topological polar surface area (TPSA) is 121 Å². The average Bonchev–Trinajstić information content (AvgIpc) is 3.68. The second-order valence-electron chi connectivity index (χ2n) is 12.8. The van der Waals surface area contributed by atoms with Crippen molar-refractivity contribution < 1.29 is 27.8 Å². The van der Waals surface area contributed by atoms with E-state index in [-0.39, 0.29) is 78.5 Å². The summed E-state index contributed by atoms with van der Waals surface area (Å²) in [4.78, 5) is 13.2. The van der Waals surface area contributed by atoms with Crippen LogP contribution in [0.15, 0.2) is 12.1 Å². The van der Waals surface area contributed by atoms with Crippen LogP contribution in [0.1, 0.15) is 44.1 Å². The first-order valence-corrected chi connectivity index (χ1v) is 16.5. The van der Waals surface area contributed by atoms with Crippen molar-refractivity contribution in [2.75, 3.05) is 44.0 Å². The van der Waals surface area contributed by atoms with Crippen LogP contribution in [-0.4, -0.2) is 76.7 Å². The van der Waals surface area contributed by atoms with Crippen LogP contribution in [0, 0.1) is 23.0 Å². The minimum absolute atomic E-state index is 0.0183. The molecule has 8 rings (SSSR count). The summed E-state index contributed by atoms with van der Waals surface area (Å²) in [6.45, 7) is 1.41. The maximum atomic E-state index is 17.1. The van der Waals surface area contributed by atoms with Crippen LogP contribution >= 0.6 is 22.9 Å². The van der Waals surface area contributed by atoms with E-state index in [4.69, 9.17) is 31.8 Å². The number of aliphatic hydroxyl groups is 1. The quantitative estimate of drug-likeness (QED) is 0.271. The van der Waals surface area contributed by atoms with E-state index in [1.165, 1.54) is 12.1 Å². The first kappa shape index (κ1) is 29.8. The number of benzene rings is 2. The molecule has 46 heavy (non-hydrogen) atoms. The molecule has 2 aromatic heterocycles. The fraction of sp³-hybridized carbons (Fsp3) is 0.469. The second kappa shape index (κ2) is 10.5. The molecule has 3 aliphatic heterocycles. The van der Waals surface area contributed by atoms with Gasteiger partial charge in [-0.05, 0) is 43.9 Å². The summed E-state index contributed by atoms with van der Waals surface area (Å²) >= 11 is 7.89. The highest BCUT2D eigenvalue weighted by Crippen LogP contribution is 2.53. The summed E-state index contributed by atoms with van der Waals surface area (Å²) in [5.41, 5.74) is 4.78. The SMILES string of the molecule is CN1c2nc(OC[C@@]34CCCN3C[C@H](F)C4)nc3c(F)c(-c4ccc(F)c5sc(N)c(C#N)c45)c(Cl)c(c23)OCCC12CCC2O. The molecule has 4 aromatic rings.